The van der Waals surface area contributed by atoms with Crippen LogP contribution in [0.1, 0.15) is 44.7 Å². The number of nitrogens with one attached hydrogen (secondary N) is 1. The largest absolute Gasteiger partial charge is 0.370 e. The molecule has 1 N–H and O–H groups in total. The number of aromatic nitrogens is 2. The van der Waals surface area contributed by atoms with E-state index in [1.165, 1.54) is 25.7 Å². The van der Waals surface area contributed by atoms with Crippen LogP contribution < -0.4 is 5.32 Å². The SMILES string of the molecule is CCCc1cc(NCC2CCCC2)ncn1. The van der Waals surface area contributed by atoms with Crippen molar-refractivity contribution in [3.8, 4) is 0 Å². The summed E-state index contributed by atoms with van der Waals surface area (Å²) < 4.78 is 0. The topological polar surface area (TPSA) is 37.8 Å². The Morgan fingerprint density at radius 3 is 2.88 bits per heavy atom. The zero-order valence-electron chi connectivity index (χ0n) is 10.1. The molecule has 1 fully saturated rings. The van der Waals surface area contributed by atoms with Gasteiger partial charge in [0.15, 0.2) is 0 Å². The Bertz CT molecular complexity index is 319. The van der Waals surface area contributed by atoms with Gasteiger partial charge >= 0.3 is 0 Å². The highest BCUT2D eigenvalue weighted by molar-refractivity contribution is 5.34. The summed E-state index contributed by atoms with van der Waals surface area (Å²) in [5.74, 6) is 1.84. The van der Waals surface area contributed by atoms with Crippen LogP contribution in [-0.2, 0) is 6.42 Å². The first-order chi connectivity index (χ1) is 7.88. The molecule has 1 heterocycles. The molecule has 1 aromatic rings. The number of hydrogen-bond donors (Lipinski definition) is 1. The summed E-state index contributed by atoms with van der Waals surface area (Å²) in [7, 11) is 0. The third kappa shape index (κ3) is 3.19. The monoisotopic (exact) mass is 219 g/mol. The van der Waals surface area contributed by atoms with E-state index in [0.29, 0.717) is 0 Å². The van der Waals surface area contributed by atoms with Crippen LogP contribution in [0.25, 0.3) is 0 Å². The van der Waals surface area contributed by atoms with Crippen LogP contribution in [0.3, 0.4) is 0 Å². The van der Waals surface area contributed by atoms with E-state index in [9.17, 15) is 0 Å². The summed E-state index contributed by atoms with van der Waals surface area (Å²) in [4.78, 5) is 8.52. The minimum absolute atomic E-state index is 0.851. The lowest BCUT2D eigenvalue weighted by atomic mass is 10.1. The molecule has 0 amide bonds. The van der Waals surface area contributed by atoms with Crippen molar-refractivity contribution in [1.82, 2.24) is 9.97 Å². The summed E-state index contributed by atoms with van der Waals surface area (Å²) in [5, 5.41) is 3.43. The molecule has 0 unspecified atom stereocenters. The van der Waals surface area contributed by atoms with Crippen LogP contribution in [0.15, 0.2) is 12.4 Å². The standard InChI is InChI=1S/C13H21N3/c1-2-5-12-8-13(16-10-15-12)14-9-11-6-3-4-7-11/h8,10-11H,2-7,9H2,1H3,(H,14,15,16). The van der Waals surface area contributed by atoms with Gasteiger partial charge in [0.25, 0.3) is 0 Å². The van der Waals surface area contributed by atoms with Crippen LogP contribution in [0, 0.1) is 5.92 Å². The van der Waals surface area contributed by atoms with E-state index in [1.54, 1.807) is 6.33 Å². The third-order valence-electron chi connectivity index (χ3n) is 3.28. The van der Waals surface area contributed by atoms with Crippen molar-refractivity contribution in [2.45, 2.75) is 45.4 Å². The molecule has 2 rings (SSSR count). The van der Waals surface area contributed by atoms with E-state index >= 15 is 0 Å². The molecule has 0 saturated heterocycles. The minimum atomic E-state index is 0.851. The van der Waals surface area contributed by atoms with Gasteiger partial charge in [0.05, 0.1) is 0 Å². The van der Waals surface area contributed by atoms with Crippen LogP contribution in [0.4, 0.5) is 5.82 Å². The predicted octanol–water partition coefficient (Wildman–Crippen LogP) is 3.03. The maximum atomic E-state index is 4.26. The quantitative estimate of drug-likeness (QED) is 0.827. The maximum Gasteiger partial charge on any atom is 0.129 e. The van der Waals surface area contributed by atoms with Gasteiger partial charge in [-0.05, 0) is 25.2 Å². The Morgan fingerprint density at radius 1 is 1.31 bits per heavy atom. The summed E-state index contributed by atoms with van der Waals surface area (Å²) in [6.07, 6.45) is 9.40. The molecule has 0 bridgehead atoms. The number of hydrogen-bond acceptors (Lipinski definition) is 3. The van der Waals surface area contributed by atoms with E-state index in [0.717, 1.165) is 36.8 Å². The molecule has 1 aromatic heterocycles. The van der Waals surface area contributed by atoms with Gasteiger partial charge in [-0.15, -0.1) is 0 Å². The molecule has 0 radical (unpaired) electrons. The zero-order valence-corrected chi connectivity index (χ0v) is 10.1. The molecular formula is C13H21N3. The van der Waals surface area contributed by atoms with Crippen molar-refractivity contribution in [1.29, 1.82) is 0 Å². The van der Waals surface area contributed by atoms with E-state index in [4.69, 9.17) is 0 Å². The average Bonchev–Trinajstić information content (AvgIpc) is 2.80. The molecule has 88 valence electrons. The Kier molecular flexibility index (Phi) is 4.14. The van der Waals surface area contributed by atoms with Gasteiger partial charge in [-0.3, -0.25) is 0 Å². The minimum Gasteiger partial charge on any atom is -0.370 e. The van der Waals surface area contributed by atoms with Crippen molar-refractivity contribution in [2.75, 3.05) is 11.9 Å². The van der Waals surface area contributed by atoms with Crippen molar-refractivity contribution in [3.63, 3.8) is 0 Å². The predicted molar refractivity (Wildman–Crippen MR) is 66.5 cm³/mol. The highest BCUT2D eigenvalue weighted by Gasteiger charge is 2.14. The van der Waals surface area contributed by atoms with Gasteiger partial charge in [-0.2, -0.15) is 0 Å². The molecule has 0 spiro atoms. The van der Waals surface area contributed by atoms with Crippen molar-refractivity contribution in [3.05, 3.63) is 18.1 Å². The molecule has 1 saturated carbocycles. The number of anilines is 1. The maximum absolute atomic E-state index is 4.26. The van der Waals surface area contributed by atoms with Gasteiger partial charge < -0.3 is 5.32 Å². The second-order valence-electron chi connectivity index (χ2n) is 4.68. The normalized spacial score (nSPS) is 16.6. The van der Waals surface area contributed by atoms with Gasteiger partial charge in [0, 0.05) is 18.3 Å². The Morgan fingerprint density at radius 2 is 2.12 bits per heavy atom. The molecular weight excluding hydrogens is 198 g/mol. The van der Waals surface area contributed by atoms with Crippen LogP contribution >= 0.6 is 0 Å². The fourth-order valence-electron chi connectivity index (χ4n) is 2.35. The number of aryl methyl sites for hydroxylation is 1. The molecule has 0 aliphatic heterocycles. The highest BCUT2D eigenvalue weighted by atomic mass is 15.0. The molecule has 3 nitrogen and oxygen atoms in total. The summed E-state index contributed by atoms with van der Waals surface area (Å²) in [6, 6.07) is 2.08. The lowest BCUT2D eigenvalue weighted by molar-refractivity contribution is 0.578. The Labute approximate surface area is 97.7 Å². The lowest BCUT2D eigenvalue weighted by Crippen LogP contribution is -2.12. The smallest absolute Gasteiger partial charge is 0.129 e. The van der Waals surface area contributed by atoms with Crippen molar-refractivity contribution < 1.29 is 0 Å². The first kappa shape index (κ1) is 11.4. The fourth-order valence-corrected chi connectivity index (χ4v) is 2.35. The fraction of sp³-hybridized carbons (Fsp3) is 0.692. The van der Waals surface area contributed by atoms with E-state index in [1.807, 2.05) is 0 Å². The molecule has 0 aromatic carbocycles. The third-order valence-corrected chi connectivity index (χ3v) is 3.28. The Balaban J connectivity index is 1.85. The average molecular weight is 219 g/mol. The second kappa shape index (κ2) is 5.83. The summed E-state index contributed by atoms with van der Waals surface area (Å²) >= 11 is 0. The molecule has 1 aliphatic rings. The first-order valence-electron chi connectivity index (χ1n) is 6.43. The van der Waals surface area contributed by atoms with Crippen molar-refractivity contribution in [2.24, 2.45) is 5.92 Å². The number of rotatable bonds is 5. The summed E-state index contributed by atoms with van der Waals surface area (Å²) in [5.41, 5.74) is 1.14. The number of nitrogens with zero attached hydrogens (tertiary/aromatic N) is 2. The van der Waals surface area contributed by atoms with Crippen LogP contribution in [0.5, 0.6) is 0 Å². The van der Waals surface area contributed by atoms with Gasteiger partial charge in [0.2, 0.25) is 0 Å². The zero-order chi connectivity index (χ0) is 11.2. The van der Waals surface area contributed by atoms with E-state index in [-0.39, 0.29) is 0 Å². The first-order valence-corrected chi connectivity index (χ1v) is 6.43. The Hall–Kier alpha value is -1.12. The van der Waals surface area contributed by atoms with Crippen LogP contribution in [0.2, 0.25) is 0 Å². The highest BCUT2D eigenvalue weighted by Crippen LogP contribution is 2.24. The molecule has 3 heteroatoms. The summed E-state index contributed by atoms with van der Waals surface area (Å²) in [6.45, 7) is 3.25. The van der Waals surface area contributed by atoms with E-state index in [2.05, 4.69) is 28.3 Å². The van der Waals surface area contributed by atoms with Gasteiger partial charge in [0.1, 0.15) is 12.1 Å². The molecule has 0 atom stereocenters. The second-order valence-corrected chi connectivity index (χ2v) is 4.68. The van der Waals surface area contributed by atoms with Crippen molar-refractivity contribution >= 4 is 5.82 Å². The molecule has 1 aliphatic carbocycles. The van der Waals surface area contributed by atoms with Crippen LogP contribution in [-0.4, -0.2) is 16.5 Å². The van der Waals surface area contributed by atoms with Gasteiger partial charge in [-0.25, -0.2) is 9.97 Å². The molecule has 16 heavy (non-hydrogen) atoms. The van der Waals surface area contributed by atoms with Gasteiger partial charge in [-0.1, -0.05) is 26.2 Å². The van der Waals surface area contributed by atoms with E-state index < -0.39 is 0 Å². The lowest BCUT2D eigenvalue weighted by Gasteiger charge is -2.11.